The van der Waals surface area contributed by atoms with Gasteiger partial charge in [0.1, 0.15) is 23.3 Å². The number of halogens is 1. The van der Waals surface area contributed by atoms with Crippen LogP contribution in [-0.4, -0.2) is 23.4 Å². The summed E-state index contributed by atoms with van der Waals surface area (Å²) >= 11 is 1.52. The summed E-state index contributed by atoms with van der Waals surface area (Å²) in [7, 11) is 0. The molecular weight excluding hydrogens is 361 g/mol. The van der Waals surface area contributed by atoms with Gasteiger partial charge in [0.15, 0.2) is 6.67 Å². The summed E-state index contributed by atoms with van der Waals surface area (Å²) in [6, 6.07) is 18.8. The number of carbonyl (C=O) groups is 1. The number of nitrogens with zero attached hydrogens (tertiary/aromatic N) is 2. The fourth-order valence-electron chi connectivity index (χ4n) is 3.69. The summed E-state index contributed by atoms with van der Waals surface area (Å²) < 4.78 is 14.3. The highest BCUT2D eigenvalue weighted by atomic mass is 32.2. The average Bonchev–Trinajstić information content (AvgIpc) is 2.69. The number of allylic oxidation sites excluding steroid dienone is 1. The highest BCUT2D eigenvalue weighted by Crippen LogP contribution is 2.41. The number of quaternary nitrogens is 1. The topological polar surface area (TPSA) is 48.5 Å². The third-order valence-electron chi connectivity index (χ3n) is 5.00. The van der Waals surface area contributed by atoms with E-state index in [0.29, 0.717) is 22.8 Å². The molecule has 2 atom stereocenters. The van der Waals surface area contributed by atoms with E-state index in [0.717, 1.165) is 12.4 Å². The lowest BCUT2D eigenvalue weighted by molar-refractivity contribution is -0.910. The highest BCUT2D eigenvalue weighted by molar-refractivity contribution is 8.02. The zero-order valence-electron chi connectivity index (χ0n) is 14.7. The van der Waals surface area contributed by atoms with E-state index < -0.39 is 5.92 Å². The standard InChI is InChI=1S/C21H18FN3OS/c22-19-9-5-4-8-16(19)17-10-20(26)25-13-24(12-15-6-2-1-3-7-15)14-27-21(25)18(17)11-23/h1-9,17H,10,12-14H2/p+1/t17-/m1/s1. The number of nitrogens with one attached hydrogen (secondary N) is 1. The van der Waals surface area contributed by atoms with E-state index in [9.17, 15) is 14.4 Å². The highest BCUT2D eigenvalue weighted by Gasteiger charge is 2.40. The Labute approximate surface area is 161 Å². The van der Waals surface area contributed by atoms with Gasteiger partial charge in [-0.2, -0.15) is 5.26 Å². The molecule has 1 saturated heterocycles. The number of benzene rings is 2. The van der Waals surface area contributed by atoms with Gasteiger partial charge >= 0.3 is 0 Å². The Balaban J connectivity index is 1.61. The molecule has 6 heteroatoms. The number of thioether (sulfide) groups is 1. The van der Waals surface area contributed by atoms with Crippen molar-refractivity contribution in [2.75, 3.05) is 12.5 Å². The molecule has 1 N–H and O–H groups in total. The van der Waals surface area contributed by atoms with Gasteiger partial charge in [0.05, 0.1) is 11.6 Å². The van der Waals surface area contributed by atoms with Crippen molar-refractivity contribution < 1.29 is 14.1 Å². The molecule has 136 valence electrons. The Morgan fingerprint density at radius 3 is 2.67 bits per heavy atom. The number of amides is 1. The molecular formula is C21H19FN3OS+. The lowest BCUT2D eigenvalue weighted by Crippen LogP contribution is -3.12. The predicted octanol–water partition coefficient (Wildman–Crippen LogP) is 2.62. The van der Waals surface area contributed by atoms with E-state index >= 15 is 0 Å². The zero-order chi connectivity index (χ0) is 18.8. The van der Waals surface area contributed by atoms with E-state index in [-0.39, 0.29) is 18.1 Å². The fourth-order valence-corrected chi connectivity index (χ4v) is 4.89. The van der Waals surface area contributed by atoms with Gasteiger partial charge in [0, 0.05) is 17.9 Å². The molecule has 27 heavy (non-hydrogen) atoms. The van der Waals surface area contributed by atoms with E-state index in [2.05, 4.69) is 18.2 Å². The van der Waals surface area contributed by atoms with Crippen molar-refractivity contribution in [2.24, 2.45) is 0 Å². The van der Waals surface area contributed by atoms with Crippen LogP contribution in [0.15, 0.2) is 65.2 Å². The summed E-state index contributed by atoms with van der Waals surface area (Å²) in [5.41, 5.74) is 2.15. The molecule has 4 nitrogen and oxygen atoms in total. The Hall–Kier alpha value is -2.62. The average molecular weight is 380 g/mol. The molecule has 0 saturated carbocycles. The largest absolute Gasteiger partial charge is 0.305 e. The molecule has 0 spiro atoms. The van der Waals surface area contributed by atoms with Gasteiger partial charge < -0.3 is 4.90 Å². The molecule has 0 aliphatic carbocycles. The first-order valence-corrected chi connectivity index (χ1v) is 9.85. The van der Waals surface area contributed by atoms with E-state index in [4.69, 9.17) is 0 Å². The number of nitriles is 1. The number of hydrogen-bond acceptors (Lipinski definition) is 3. The summed E-state index contributed by atoms with van der Waals surface area (Å²) in [5.74, 6) is -0.147. The molecule has 0 aromatic heterocycles. The van der Waals surface area contributed by atoms with Gasteiger partial charge in [-0.25, -0.2) is 4.39 Å². The van der Waals surface area contributed by atoms with Crippen molar-refractivity contribution in [3.05, 3.63) is 82.1 Å². The minimum atomic E-state index is -0.502. The second-order valence-electron chi connectivity index (χ2n) is 6.79. The first kappa shape index (κ1) is 17.8. The third-order valence-corrected chi connectivity index (χ3v) is 6.26. The van der Waals surface area contributed by atoms with Crippen LogP contribution in [0.3, 0.4) is 0 Å². The van der Waals surface area contributed by atoms with E-state index in [1.165, 1.54) is 28.3 Å². The summed E-state index contributed by atoms with van der Waals surface area (Å²) in [6.45, 7) is 1.36. The van der Waals surface area contributed by atoms with Crippen molar-refractivity contribution in [2.45, 2.75) is 18.9 Å². The zero-order valence-corrected chi connectivity index (χ0v) is 15.5. The quantitative estimate of drug-likeness (QED) is 0.891. The Bertz CT molecular complexity index is 938. The summed E-state index contributed by atoms with van der Waals surface area (Å²) in [5, 5.41) is 10.4. The lowest BCUT2D eigenvalue weighted by atomic mass is 9.86. The SMILES string of the molecule is N#CC1=C2SC[NH+](Cc3ccccc3)CN2C(=O)C[C@@H]1c1ccccc1F. The summed E-state index contributed by atoms with van der Waals surface area (Å²) in [4.78, 5) is 15.8. The lowest BCUT2D eigenvalue weighted by Gasteiger charge is -2.39. The van der Waals surface area contributed by atoms with Crippen molar-refractivity contribution in [1.29, 1.82) is 5.26 Å². The second-order valence-corrected chi connectivity index (χ2v) is 7.75. The second kappa shape index (κ2) is 7.55. The fraction of sp³-hybridized carbons (Fsp3) is 0.238. The van der Waals surface area contributed by atoms with Crippen LogP contribution < -0.4 is 4.90 Å². The smallest absolute Gasteiger partial charge is 0.232 e. The first-order chi connectivity index (χ1) is 13.2. The third kappa shape index (κ3) is 3.48. The van der Waals surface area contributed by atoms with Crippen LogP contribution >= 0.6 is 11.8 Å². The molecule has 2 heterocycles. The van der Waals surface area contributed by atoms with Crippen molar-refractivity contribution in [1.82, 2.24) is 4.90 Å². The Morgan fingerprint density at radius 1 is 1.19 bits per heavy atom. The minimum absolute atomic E-state index is 0.0463. The van der Waals surface area contributed by atoms with Crippen LogP contribution in [0.2, 0.25) is 0 Å². The van der Waals surface area contributed by atoms with Crippen LogP contribution in [0.25, 0.3) is 0 Å². The van der Waals surface area contributed by atoms with Gasteiger partial charge in [0.2, 0.25) is 5.91 Å². The van der Waals surface area contributed by atoms with Gasteiger partial charge in [-0.05, 0) is 23.4 Å². The molecule has 2 aliphatic rings. The van der Waals surface area contributed by atoms with Crippen molar-refractivity contribution in [3.63, 3.8) is 0 Å². The molecule has 2 aromatic carbocycles. The van der Waals surface area contributed by atoms with Crippen molar-refractivity contribution in [3.8, 4) is 6.07 Å². The van der Waals surface area contributed by atoms with Crippen molar-refractivity contribution >= 4 is 17.7 Å². The monoisotopic (exact) mass is 380 g/mol. The van der Waals surface area contributed by atoms with Crippen LogP contribution in [-0.2, 0) is 11.3 Å². The maximum absolute atomic E-state index is 14.3. The molecule has 0 bridgehead atoms. The number of carbonyl (C=O) groups excluding carboxylic acids is 1. The molecule has 1 amide bonds. The minimum Gasteiger partial charge on any atom is -0.305 e. The Kier molecular flexibility index (Phi) is 4.97. The molecule has 1 fully saturated rings. The number of hydrogen-bond donors (Lipinski definition) is 1. The maximum atomic E-state index is 14.3. The predicted molar refractivity (Wildman–Crippen MR) is 102 cm³/mol. The van der Waals surface area contributed by atoms with Crippen LogP contribution in [0.5, 0.6) is 0 Å². The number of rotatable bonds is 3. The molecule has 1 unspecified atom stereocenters. The Morgan fingerprint density at radius 2 is 1.93 bits per heavy atom. The summed E-state index contributed by atoms with van der Waals surface area (Å²) in [6.07, 6.45) is 0.131. The molecule has 4 rings (SSSR count). The van der Waals surface area contributed by atoms with Crippen LogP contribution in [0, 0.1) is 17.1 Å². The van der Waals surface area contributed by atoms with Crippen LogP contribution in [0.1, 0.15) is 23.5 Å². The normalized spacial score (nSPS) is 22.4. The van der Waals surface area contributed by atoms with Gasteiger partial charge in [0.25, 0.3) is 0 Å². The van der Waals surface area contributed by atoms with E-state index in [1.54, 1.807) is 23.1 Å². The maximum Gasteiger partial charge on any atom is 0.232 e. The number of fused-ring (bicyclic) bond motifs is 1. The first-order valence-electron chi connectivity index (χ1n) is 8.86. The van der Waals surface area contributed by atoms with Gasteiger partial charge in [-0.3, -0.25) is 9.69 Å². The molecule has 0 radical (unpaired) electrons. The van der Waals surface area contributed by atoms with Gasteiger partial charge in [-0.15, -0.1) is 0 Å². The molecule has 2 aliphatic heterocycles. The van der Waals surface area contributed by atoms with Crippen LogP contribution in [0.4, 0.5) is 4.39 Å². The van der Waals surface area contributed by atoms with E-state index in [1.807, 2.05) is 18.2 Å². The molecule has 2 aromatic rings. The van der Waals surface area contributed by atoms with Gasteiger partial charge in [-0.1, -0.05) is 48.5 Å².